The maximum atomic E-state index is 12.6. The normalized spacial score (nSPS) is 14.6. The number of hydrogen-bond acceptors (Lipinski definition) is 5. The van der Waals surface area contributed by atoms with Crippen molar-refractivity contribution in [3.63, 3.8) is 0 Å². The largest absolute Gasteiger partial charge is 0.493 e. The number of nitrogens with one attached hydrogen (secondary N) is 2. The summed E-state index contributed by atoms with van der Waals surface area (Å²) < 4.78 is 10.8. The van der Waals surface area contributed by atoms with E-state index in [9.17, 15) is 4.79 Å². The molecule has 0 saturated heterocycles. The van der Waals surface area contributed by atoms with Crippen LogP contribution in [0, 0.1) is 0 Å². The van der Waals surface area contributed by atoms with Crippen molar-refractivity contribution in [2.75, 3.05) is 31.9 Å². The van der Waals surface area contributed by atoms with Gasteiger partial charge in [-0.1, -0.05) is 42.5 Å². The van der Waals surface area contributed by atoms with Crippen molar-refractivity contribution in [3.8, 4) is 11.5 Å². The van der Waals surface area contributed by atoms with Gasteiger partial charge < -0.3 is 20.1 Å². The first-order valence-electron chi connectivity index (χ1n) is 11.3. The second kappa shape index (κ2) is 10.4. The van der Waals surface area contributed by atoms with E-state index >= 15 is 0 Å². The van der Waals surface area contributed by atoms with Crippen LogP contribution in [0.4, 0.5) is 11.4 Å². The van der Waals surface area contributed by atoms with Crippen LogP contribution in [0.3, 0.4) is 0 Å². The highest BCUT2D eigenvalue weighted by Crippen LogP contribution is 2.40. The number of anilines is 2. The molecule has 6 nitrogen and oxygen atoms in total. The minimum atomic E-state index is -0.129. The van der Waals surface area contributed by atoms with Crippen LogP contribution >= 0.6 is 0 Å². The first-order valence-corrected chi connectivity index (χ1v) is 11.3. The van der Waals surface area contributed by atoms with Crippen LogP contribution in [0.5, 0.6) is 11.5 Å². The average Bonchev–Trinajstić information content (AvgIpc) is 3.13. The molecule has 2 N–H and O–H groups in total. The molecule has 1 unspecified atom stereocenters. The van der Waals surface area contributed by atoms with Gasteiger partial charge in [-0.2, -0.15) is 0 Å². The van der Waals surface area contributed by atoms with Gasteiger partial charge in [0.1, 0.15) is 0 Å². The van der Waals surface area contributed by atoms with E-state index < -0.39 is 0 Å². The van der Waals surface area contributed by atoms with Crippen molar-refractivity contribution in [1.29, 1.82) is 0 Å². The number of hydrogen-bond donors (Lipinski definition) is 2. The summed E-state index contributed by atoms with van der Waals surface area (Å²) in [4.78, 5) is 14.9. The molecule has 176 valence electrons. The Morgan fingerprint density at radius 3 is 2.21 bits per heavy atom. The molecule has 1 heterocycles. The molecule has 0 saturated carbocycles. The fourth-order valence-corrected chi connectivity index (χ4v) is 4.21. The fraction of sp³-hybridized carbons (Fsp3) is 0.250. The SMILES string of the molecule is COc1cc2c(cc1OC)C(=CC(C)Nc1ccc(CN(C)Cc3ccccc3)cc1)C(=O)N2. The quantitative estimate of drug-likeness (QED) is 0.434. The van der Waals surface area contributed by atoms with E-state index in [1.807, 2.05) is 25.1 Å². The Morgan fingerprint density at radius 1 is 0.941 bits per heavy atom. The highest BCUT2D eigenvalue weighted by molar-refractivity contribution is 6.31. The summed E-state index contributed by atoms with van der Waals surface area (Å²) in [6.07, 6.45) is 1.94. The number of carbonyl (C=O) groups is 1. The molecule has 0 aliphatic carbocycles. The standard InChI is InChI=1S/C28H31N3O3/c1-19(14-24-23-15-26(33-3)27(34-4)16-25(23)30-28(24)32)29-22-12-10-21(11-13-22)18-31(2)17-20-8-6-5-7-9-20/h5-16,19,29H,17-18H2,1-4H3,(H,30,32). The van der Waals surface area contributed by atoms with Crippen LogP contribution in [0.2, 0.25) is 0 Å². The van der Waals surface area contributed by atoms with Crippen LogP contribution in [0.25, 0.3) is 5.57 Å². The molecule has 1 aliphatic rings. The van der Waals surface area contributed by atoms with Crippen LogP contribution in [0.15, 0.2) is 72.8 Å². The maximum Gasteiger partial charge on any atom is 0.256 e. The van der Waals surface area contributed by atoms with Gasteiger partial charge in [-0.25, -0.2) is 0 Å². The number of fused-ring (bicyclic) bond motifs is 1. The molecule has 3 aromatic rings. The lowest BCUT2D eigenvalue weighted by Crippen LogP contribution is -2.17. The summed E-state index contributed by atoms with van der Waals surface area (Å²) in [5.41, 5.74) is 5.72. The van der Waals surface area contributed by atoms with Crippen molar-refractivity contribution in [2.45, 2.75) is 26.1 Å². The summed E-state index contributed by atoms with van der Waals surface area (Å²) >= 11 is 0. The van der Waals surface area contributed by atoms with Gasteiger partial charge in [-0.15, -0.1) is 0 Å². The summed E-state index contributed by atoms with van der Waals surface area (Å²) in [6.45, 7) is 3.81. The Hall–Kier alpha value is -3.77. The van der Waals surface area contributed by atoms with E-state index in [0.29, 0.717) is 17.1 Å². The van der Waals surface area contributed by atoms with E-state index in [-0.39, 0.29) is 11.9 Å². The summed E-state index contributed by atoms with van der Waals surface area (Å²) in [6, 6.07) is 22.5. The van der Waals surface area contributed by atoms with Gasteiger partial charge in [0.25, 0.3) is 5.91 Å². The van der Waals surface area contributed by atoms with Crippen LogP contribution in [-0.2, 0) is 17.9 Å². The Bertz CT molecular complexity index is 1170. The van der Waals surface area contributed by atoms with Crippen molar-refractivity contribution in [3.05, 3.63) is 89.5 Å². The number of amides is 1. The van der Waals surface area contributed by atoms with Crippen molar-refractivity contribution >= 4 is 22.9 Å². The zero-order chi connectivity index (χ0) is 24.1. The molecule has 4 rings (SSSR count). The molecule has 0 spiro atoms. The van der Waals surface area contributed by atoms with Crippen LogP contribution in [0.1, 0.15) is 23.6 Å². The molecule has 0 bridgehead atoms. The van der Waals surface area contributed by atoms with Crippen molar-refractivity contribution in [1.82, 2.24) is 4.90 Å². The fourth-order valence-electron chi connectivity index (χ4n) is 4.21. The van der Waals surface area contributed by atoms with Gasteiger partial charge in [0.2, 0.25) is 0 Å². The summed E-state index contributed by atoms with van der Waals surface area (Å²) in [5, 5.41) is 6.38. The monoisotopic (exact) mass is 457 g/mol. The number of nitrogens with zero attached hydrogens (tertiary/aromatic N) is 1. The maximum absolute atomic E-state index is 12.6. The van der Waals surface area contributed by atoms with Crippen molar-refractivity contribution in [2.24, 2.45) is 0 Å². The first kappa shape index (κ1) is 23.4. The highest BCUT2D eigenvalue weighted by atomic mass is 16.5. The summed E-state index contributed by atoms with van der Waals surface area (Å²) in [5.74, 6) is 1.05. The van der Waals surface area contributed by atoms with Gasteiger partial charge in [0, 0.05) is 42.0 Å². The second-order valence-corrected chi connectivity index (χ2v) is 8.58. The molecule has 1 atom stereocenters. The molecule has 1 amide bonds. The first-order chi connectivity index (χ1) is 16.5. The van der Waals surface area contributed by atoms with Gasteiger partial charge in [0.05, 0.1) is 19.9 Å². The van der Waals surface area contributed by atoms with Gasteiger partial charge in [-0.3, -0.25) is 9.69 Å². The number of ether oxygens (including phenoxy) is 2. The third-order valence-electron chi connectivity index (χ3n) is 5.82. The van der Waals surface area contributed by atoms with Gasteiger partial charge >= 0.3 is 0 Å². The molecular formula is C28H31N3O3. The topological polar surface area (TPSA) is 62.8 Å². The third-order valence-corrected chi connectivity index (χ3v) is 5.82. The Kier molecular flexibility index (Phi) is 7.18. The molecular weight excluding hydrogens is 426 g/mol. The molecule has 1 aliphatic heterocycles. The lowest BCUT2D eigenvalue weighted by Gasteiger charge is -2.18. The highest BCUT2D eigenvalue weighted by Gasteiger charge is 2.27. The van der Waals surface area contributed by atoms with Gasteiger partial charge in [-0.05, 0) is 49.4 Å². The lowest BCUT2D eigenvalue weighted by atomic mass is 10.0. The predicted octanol–water partition coefficient (Wildman–Crippen LogP) is 5.17. The third kappa shape index (κ3) is 5.41. The van der Waals surface area contributed by atoms with Crippen molar-refractivity contribution < 1.29 is 14.3 Å². The predicted molar refractivity (Wildman–Crippen MR) is 137 cm³/mol. The zero-order valence-electron chi connectivity index (χ0n) is 20.1. The Morgan fingerprint density at radius 2 is 1.56 bits per heavy atom. The number of benzene rings is 3. The lowest BCUT2D eigenvalue weighted by molar-refractivity contribution is -0.110. The molecule has 0 fully saturated rings. The van der Waals surface area contributed by atoms with Crippen LogP contribution < -0.4 is 20.1 Å². The number of carbonyl (C=O) groups excluding carboxylic acids is 1. The summed E-state index contributed by atoms with van der Waals surface area (Å²) in [7, 11) is 5.30. The minimum Gasteiger partial charge on any atom is -0.493 e. The average molecular weight is 458 g/mol. The Labute approximate surface area is 201 Å². The molecule has 6 heteroatoms. The van der Waals surface area contributed by atoms with Crippen LogP contribution in [-0.4, -0.2) is 38.1 Å². The minimum absolute atomic E-state index is 0.0496. The van der Waals surface area contributed by atoms with E-state index in [4.69, 9.17) is 9.47 Å². The van der Waals surface area contributed by atoms with E-state index in [1.54, 1.807) is 20.3 Å². The van der Waals surface area contributed by atoms with E-state index in [1.165, 1.54) is 11.1 Å². The molecule has 0 aromatic heterocycles. The van der Waals surface area contributed by atoms with E-state index in [0.717, 1.165) is 30.0 Å². The Balaban J connectivity index is 1.40. The van der Waals surface area contributed by atoms with E-state index in [2.05, 4.69) is 71.1 Å². The zero-order valence-corrected chi connectivity index (χ0v) is 20.1. The van der Waals surface area contributed by atoms with Gasteiger partial charge in [0.15, 0.2) is 11.5 Å². The molecule has 0 radical (unpaired) electrons. The molecule has 3 aromatic carbocycles. The second-order valence-electron chi connectivity index (χ2n) is 8.58. The number of methoxy groups -OCH3 is 2. The molecule has 34 heavy (non-hydrogen) atoms. The smallest absolute Gasteiger partial charge is 0.256 e. The number of rotatable bonds is 9.